The summed E-state index contributed by atoms with van der Waals surface area (Å²) in [6.45, 7) is 8.67. The number of hydrazine groups is 1. The number of aromatic amines is 1. The number of carbonyl (C=O) groups is 2. The zero-order chi connectivity index (χ0) is 27.1. The molecule has 3 aromatic rings. The molecule has 2 aromatic carbocycles. The molecule has 4 N–H and O–H groups in total. The number of methoxy groups -OCH3 is 1. The molecule has 39 heavy (non-hydrogen) atoms. The summed E-state index contributed by atoms with van der Waals surface area (Å²) in [5.74, 6) is -0.148. The molecule has 0 saturated carbocycles. The SMILES string of the molecule is COC(C)(C)[C@@H]1CCCN1NC(=O)Nc1cccc2c1C(=O)c1c(-c3ccc(N4CCNCC4)cc3)n[nH]c1-2. The lowest BCUT2D eigenvalue weighted by Gasteiger charge is -2.36. The Bertz CT molecular complexity index is 1390. The number of hydrogen-bond acceptors (Lipinski definition) is 7. The second-order valence-electron chi connectivity index (χ2n) is 10.9. The molecule has 3 aliphatic rings. The van der Waals surface area contributed by atoms with Crippen LogP contribution >= 0.6 is 0 Å². The smallest absolute Gasteiger partial charge is 0.333 e. The molecule has 1 aromatic heterocycles. The third-order valence-electron chi connectivity index (χ3n) is 8.25. The van der Waals surface area contributed by atoms with Crippen LogP contribution in [-0.2, 0) is 4.74 Å². The lowest BCUT2D eigenvalue weighted by Crippen LogP contribution is -2.54. The van der Waals surface area contributed by atoms with E-state index >= 15 is 0 Å². The average molecular weight is 530 g/mol. The van der Waals surface area contributed by atoms with Crippen LogP contribution in [0.4, 0.5) is 16.2 Å². The molecule has 0 bridgehead atoms. The molecule has 2 amide bonds. The van der Waals surface area contributed by atoms with Crippen molar-refractivity contribution in [3.8, 4) is 22.5 Å². The van der Waals surface area contributed by atoms with Crippen LogP contribution < -0.4 is 21.0 Å². The van der Waals surface area contributed by atoms with Gasteiger partial charge in [0.25, 0.3) is 0 Å². The van der Waals surface area contributed by atoms with E-state index in [-0.39, 0.29) is 17.9 Å². The zero-order valence-electron chi connectivity index (χ0n) is 22.6. The van der Waals surface area contributed by atoms with Crippen molar-refractivity contribution in [1.82, 2.24) is 25.9 Å². The maximum atomic E-state index is 13.8. The van der Waals surface area contributed by atoms with Gasteiger partial charge in [0.05, 0.1) is 34.2 Å². The number of benzene rings is 2. The quantitative estimate of drug-likeness (QED) is 0.302. The molecule has 10 nitrogen and oxygen atoms in total. The van der Waals surface area contributed by atoms with Crippen LogP contribution in [0.15, 0.2) is 42.5 Å². The van der Waals surface area contributed by atoms with E-state index in [2.05, 4.69) is 43.3 Å². The van der Waals surface area contributed by atoms with Crippen LogP contribution in [0.3, 0.4) is 0 Å². The van der Waals surface area contributed by atoms with Gasteiger partial charge in [-0.05, 0) is 44.9 Å². The van der Waals surface area contributed by atoms with E-state index in [9.17, 15) is 9.59 Å². The van der Waals surface area contributed by atoms with E-state index in [0.29, 0.717) is 28.2 Å². The van der Waals surface area contributed by atoms with Crippen molar-refractivity contribution in [2.75, 3.05) is 50.1 Å². The largest absolute Gasteiger partial charge is 0.377 e. The van der Waals surface area contributed by atoms with Crippen molar-refractivity contribution in [2.45, 2.75) is 38.3 Å². The first-order valence-corrected chi connectivity index (χ1v) is 13.6. The van der Waals surface area contributed by atoms with Crippen molar-refractivity contribution < 1.29 is 14.3 Å². The van der Waals surface area contributed by atoms with Gasteiger partial charge in [0.2, 0.25) is 0 Å². The second kappa shape index (κ2) is 10.1. The van der Waals surface area contributed by atoms with Gasteiger partial charge in [-0.15, -0.1) is 0 Å². The number of ether oxygens (including phenoxy) is 1. The molecular formula is C29H35N7O3. The summed E-state index contributed by atoms with van der Waals surface area (Å²) >= 11 is 0. The number of hydrogen-bond donors (Lipinski definition) is 4. The predicted molar refractivity (Wildman–Crippen MR) is 151 cm³/mol. The molecule has 0 radical (unpaired) electrons. The molecular weight excluding hydrogens is 494 g/mol. The molecule has 2 aliphatic heterocycles. The van der Waals surface area contributed by atoms with E-state index in [1.165, 1.54) is 0 Å². The lowest BCUT2D eigenvalue weighted by molar-refractivity contribution is -0.0485. The molecule has 6 rings (SSSR count). The number of rotatable bonds is 6. The summed E-state index contributed by atoms with van der Waals surface area (Å²) in [6, 6.07) is 13.4. The summed E-state index contributed by atoms with van der Waals surface area (Å²) < 4.78 is 5.67. The van der Waals surface area contributed by atoms with Crippen molar-refractivity contribution in [1.29, 1.82) is 0 Å². The minimum absolute atomic E-state index is 0.0581. The van der Waals surface area contributed by atoms with Gasteiger partial charge in [-0.2, -0.15) is 5.10 Å². The first-order valence-electron chi connectivity index (χ1n) is 13.6. The Morgan fingerprint density at radius 2 is 1.85 bits per heavy atom. The predicted octanol–water partition coefficient (Wildman–Crippen LogP) is 3.62. The number of urea groups is 1. The summed E-state index contributed by atoms with van der Waals surface area (Å²) in [7, 11) is 1.69. The van der Waals surface area contributed by atoms with Gasteiger partial charge in [-0.25, -0.2) is 9.80 Å². The standard InChI is InChI=1S/C29H35N7O3/c1-29(2,39-3)22-8-5-15-36(22)34-28(38)31-21-7-4-6-20-23(21)27(37)24-25(32-33-26(20)24)18-9-11-19(12-10-18)35-16-13-30-14-17-35/h4,6-7,9-12,22,30H,5,8,13-17H2,1-3H3,(H,32,33)(H2,31,34,38)/t22-/m0/s1. The first-order chi connectivity index (χ1) is 18.9. The van der Waals surface area contributed by atoms with Crippen molar-refractivity contribution in [3.05, 3.63) is 53.6 Å². The lowest BCUT2D eigenvalue weighted by atomic mass is 9.97. The van der Waals surface area contributed by atoms with Gasteiger partial charge >= 0.3 is 6.03 Å². The molecule has 0 spiro atoms. The molecule has 0 unspecified atom stereocenters. The van der Waals surface area contributed by atoms with E-state index < -0.39 is 5.60 Å². The number of ketones is 1. The number of H-pyrrole nitrogens is 1. The summed E-state index contributed by atoms with van der Waals surface area (Å²) in [6.07, 6.45) is 1.90. The minimum Gasteiger partial charge on any atom is -0.377 e. The Balaban J connectivity index is 1.21. The second-order valence-corrected chi connectivity index (χ2v) is 10.9. The normalized spacial score (nSPS) is 19.2. The molecule has 1 aliphatic carbocycles. The molecule has 3 heterocycles. The van der Waals surface area contributed by atoms with Crippen LogP contribution in [0.5, 0.6) is 0 Å². The fraction of sp³-hybridized carbons (Fsp3) is 0.414. The Kier molecular flexibility index (Phi) is 6.62. The van der Waals surface area contributed by atoms with Gasteiger partial charge in [-0.3, -0.25) is 15.3 Å². The number of fused-ring (bicyclic) bond motifs is 3. The summed E-state index contributed by atoms with van der Waals surface area (Å²) in [5.41, 5.74) is 8.14. The number of nitrogens with zero attached hydrogens (tertiary/aromatic N) is 3. The van der Waals surface area contributed by atoms with Crippen LogP contribution in [0.1, 0.15) is 42.6 Å². The van der Waals surface area contributed by atoms with Crippen molar-refractivity contribution in [3.63, 3.8) is 0 Å². The van der Waals surface area contributed by atoms with Crippen LogP contribution in [-0.4, -0.2) is 78.5 Å². The first kappa shape index (κ1) is 25.5. The summed E-state index contributed by atoms with van der Waals surface area (Å²) in [4.78, 5) is 29.2. The van der Waals surface area contributed by atoms with Gasteiger partial charge in [0.15, 0.2) is 5.78 Å². The molecule has 10 heteroatoms. The van der Waals surface area contributed by atoms with Crippen molar-refractivity contribution in [2.24, 2.45) is 0 Å². The van der Waals surface area contributed by atoms with E-state index in [0.717, 1.165) is 62.4 Å². The molecule has 204 valence electrons. The minimum atomic E-state index is -0.400. The third-order valence-corrected chi connectivity index (χ3v) is 8.25. The Morgan fingerprint density at radius 1 is 1.08 bits per heavy atom. The van der Waals surface area contributed by atoms with Gasteiger partial charge < -0.3 is 20.3 Å². The number of piperazine rings is 1. The maximum Gasteiger partial charge on any atom is 0.333 e. The average Bonchev–Trinajstić information content (AvgIpc) is 3.67. The molecule has 2 saturated heterocycles. The fourth-order valence-corrected chi connectivity index (χ4v) is 5.99. The number of carbonyl (C=O) groups excluding carboxylic acids is 2. The van der Waals surface area contributed by atoms with Crippen LogP contribution in [0.25, 0.3) is 22.5 Å². The topological polar surface area (TPSA) is 115 Å². The van der Waals surface area contributed by atoms with E-state index in [1.807, 2.05) is 43.1 Å². The van der Waals surface area contributed by atoms with Gasteiger partial charge in [-0.1, -0.05) is 24.3 Å². The highest BCUT2D eigenvalue weighted by atomic mass is 16.5. The van der Waals surface area contributed by atoms with E-state index in [4.69, 9.17) is 4.74 Å². The number of aromatic nitrogens is 2. The van der Waals surface area contributed by atoms with Crippen LogP contribution in [0.2, 0.25) is 0 Å². The van der Waals surface area contributed by atoms with Gasteiger partial charge in [0, 0.05) is 56.6 Å². The monoisotopic (exact) mass is 529 g/mol. The highest BCUT2D eigenvalue weighted by molar-refractivity contribution is 6.26. The number of anilines is 2. The Labute approximate surface area is 228 Å². The Hall–Kier alpha value is -3.73. The third kappa shape index (κ3) is 4.58. The van der Waals surface area contributed by atoms with Crippen molar-refractivity contribution >= 4 is 23.2 Å². The zero-order valence-corrected chi connectivity index (χ0v) is 22.6. The fourth-order valence-electron chi connectivity index (χ4n) is 5.99. The highest BCUT2D eigenvalue weighted by Gasteiger charge is 2.39. The Morgan fingerprint density at radius 3 is 2.59 bits per heavy atom. The highest BCUT2D eigenvalue weighted by Crippen LogP contribution is 2.43. The maximum absolute atomic E-state index is 13.8. The van der Waals surface area contributed by atoms with E-state index in [1.54, 1.807) is 13.2 Å². The molecule has 2 fully saturated rings. The van der Waals surface area contributed by atoms with Gasteiger partial charge in [0.1, 0.15) is 5.69 Å². The molecule has 1 atom stereocenters. The summed E-state index contributed by atoms with van der Waals surface area (Å²) in [5, 5.41) is 15.8. The number of amides is 2. The number of nitrogens with one attached hydrogen (secondary N) is 4. The van der Waals surface area contributed by atoms with Crippen LogP contribution in [0, 0.1) is 0 Å².